The number of hydrogen-bond acceptors (Lipinski definition) is 5. The number of hydrogen-bond donors (Lipinski definition) is 0. The summed E-state index contributed by atoms with van der Waals surface area (Å²) in [7, 11) is 1.42. The Hall–Kier alpha value is -2.44. The lowest BCUT2D eigenvalue weighted by Gasteiger charge is -2.38. The van der Waals surface area contributed by atoms with Gasteiger partial charge in [-0.2, -0.15) is 0 Å². The maximum Gasteiger partial charge on any atom is 0.323 e. The number of carbonyl (C=O) groups excluding carboxylic acids is 2. The van der Waals surface area contributed by atoms with Gasteiger partial charge in [0, 0.05) is 32.7 Å². The number of rotatable bonds is 5. The fourth-order valence-corrected chi connectivity index (χ4v) is 4.68. The molecule has 1 atom stereocenters. The summed E-state index contributed by atoms with van der Waals surface area (Å²) < 4.78 is 4.94. The molecule has 2 aliphatic rings. The molecule has 160 valence electrons. The molecule has 2 saturated heterocycles. The Bertz CT molecular complexity index is 887. The second-order valence-corrected chi connectivity index (χ2v) is 8.30. The van der Waals surface area contributed by atoms with Crippen molar-refractivity contribution in [1.82, 2.24) is 14.7 Å². The third-order valence-corrected chi connectivity index (χ3v) is 6.42. The van der Waals surface area contributed by atoms with Crippen molar-refractivity contribution in [2.45, 2.75) is 31.8 Å². The fraction of sp³-hybridized carbons (Fsp3) is 0.500. The molecule has 2 fully saturated rings. The minimum absolute atomic E-state index is 0.121. The first-order valence-corrected chi connectivity index (χ1v) is 10.9. The molecule has 30 heavy (non-hydrogen) atoms. The molecule has 0 aromatic heterocycles. The van der Waals surface area contributed by atoms with Crippen LogP contribution in [0.3, 0.4) is 0 Å². The van der Waals surface area contributed by atoms with E-state index in [1.165, 1.54) is 23.4 Å². The van der Waals surface area contributed by atoms with Gasteiger partial charge in [0.2, 0.25) is 5.91 Å². The summed E-state index contributed by atoms with van der Waals surface area (Å²) in [5.74, 6) is -0.0991. The van der Waals surface area contributed by atoms with E-state index in [0.717, 1.165) is 58.5 Å². The number of carbonyl (C=O) groups is 2. The maximum absolute atomic E-state index is 12.9. The van der Waals surface area contributed by atoms with Crippen LogP contribution in [-0.4, -0.2) is 79.0 Å². The van der Waals surface area contributed by atoms with E-state index in [0.29, 0.717) is 6.54 Å². The minimum atomic E-state index is -0.277. The summed E-state index contributed by atoms with van der Waals surface area (Å²) in [4.78, 5) is 31.3. The maximum atomic E-state index is 12.9. The van der Waals surface area contributed by atoms with E-state index in [-0.39, 0.29) is 17.9 Å². The van der Waals surface area contributed by atoms with E-state index >= 15 is 0 Å². The second-order valence-electron chi connectivity index (χ2n) is 8.30. The van der Waals surface area contributed by atoms with E-state index in [4.69, 9.17) is 4.74 Å². The summed E-state index contributed by atoms with van der Waals surface area (Å²) in [5.41, 5.74) is 1.34. The molecular weight excluding hydrogens is 378 g/mol. The van der Waals surface area contributed by atoms with Gasteiger partial charge in [-0.25, -0.2) is 0 Å². The van der Waals surface area contributed by atoms with Crippen molar-refractivity contribution in [3.8, 4) is 0 Å². The third-order valence-electron chi connectivity index (χ3n) is 6.42. The molecule has 0 radical (unpaired) electrons. The lowest BCUT2D eigenvalue weighted by molar-refractivity contribution is -0.149. The number of amides is 1. The molecule has 6 nitrogen and oxygen atoms in total. The first-order valence-electron chi connectivity index (χ1n) is 10.9. The molecule has 0 N–H and O–H groups in total. The molecule has 2 heterocycles. The number of piperazine rings is 1. The van der Waals surface area contributed by atoms with Crippen molar-refractivity contribution < 1.29 is 14.3 Å². The normalized spacial score (nSPS) is 21.0. The van der Waals surface area contributed by atoms with Crippen LogP contribution in [0.25, 0.3) is 10.8 Å². The van der Waals surface area contributed by atoms with E-state index in [2.05, 4.69) is 47.4 Å². The summed E-state index contributed by atoms with van der Waals surface area (Å²) in [6.45, 7) is 5.21. The van der Waals surface area contributed by atoms with Gasteiger partial charge < -0.3 is 9.64 Å². The quantitative estimate of drug-likeness (QED) is 0.711. The second kappa shape index (κ2) is 9.58. The molecule has 2 aromatic carbocycles. The first kappa shape index (κ1) is 20.8. The highest BCUT2D eigenvalue weighted by atomic mass is 16.5. The van der Waals surface area contributed by atoms with E-state index in [1.54, 1.807) is 0 Å². The molecule has 0 bridgehead atoms. The third kappa shape index (κ3) is 4.65. The van der Waals surface area contributed by atoms with Crippen molar-refractivity contribution in [3.05, 3.63) is 48.0 Å². The predicted molar refractivity (Wildman–Crippen MR) is 117 cm³/mol. The Morgan fingerprint density at radius 2 is 1.73 bits per heavy atom. The van der Waals surface area contributed by atoms with E-state index in [9.17, 15) is 9.59 Å². The zero-order chi connectivity index (χ0) is 20.9. The Labute approximate surface area is 178 Å². The van der Waals surface area contributed by atoms with Crippen LogP contribution in [0.4, 0.5) is 0 Å². The van der Waals surface area contributed by atoms with Gasteiger partial charge in [-0.1, -0.05) is 48.9 Å². The van der Waals surface area contributed by atoms with Crippen LogP contribution in [0, 0.1) is 0 Å². The van der Waals surface area contributed by atoms with Crippen LogP contribution >= 0.6 is 0 Å². The summed E-state index contributed by atoms with van der Waals surface area (Å²) in [5, 5.41) is 2.57. The standard InChI is InChI=1S/C24H31N3O3/c1-30-24(29)22-11-4-5-12-27(22)18-23(28)26-15-13-25(14-16-26)17-20-9-6-8-19-7-2-3-10-21(19)20/h2-3,6-10,22H,4-5,11-18H2,1H3. The minimum Gasteiger partial charge on any atom is -0.468 e. The van der Waals surface area contributed by atoms with Crippen molar-refractivity contribution in [2.75, 3.05) is 46.4 Å². The van der Waals surface area contributed by atoms with Gasteiger partial charge >= 0.3 is 5.97 Å². The van der Waals surface area contributed by atoms with Crippen molar-refractivity contribution >= 4 is 22.6 Å². The van der Waals surface area contributed by atoms with E-state index in [1.807, 2.05) is 9.80 Å². The van der Waals surface area contributed by atoms with Gasteiger partial charge in [-0.05, 0) is 35.7 Å². The summed E-state index contributed by atoms with van der Waals surface area (Å²) in [6, 6.07) is 14.7. The molecule has 1 amide bonds. The molecule has 2 aliphatic heterocycles. The summed E-state index contributed by atoms with van der Waals surface area (Å²) >= 11 is 0. The number of fused-ring (bicyclic) bond motifs is 1. The van der Waals surface area contributed by atoms with E-state index < -0.39 is 0 Å². The van der Waals surface area contributed by atoms with Crippen LogP contribution < -0.4 is 0 Å². The predicted octanol–water partition coefficient (Wildman–Crippen LogP) is 2.51. The van der Waals surface area contributed by atoms with Gasteiger partial charge in [0.05, 0.1) is 13.7 Å². The monoisotopic (exact) mass is 409 g/mol. The van der Waals surface area contributed by atoms with Gasteiger partial charge in [-0.3, -0.25) is 19.4 Å². The van der Waals surface area contributed by atoms with Crippen molar-refractivity contribution in [2.24, 2.45) is 0 Å². The van der Waals surface area contributed by atoms with Crippen LogP contribution in [0.2, 0.25) is 0 Å². The molecule has 0 aliphatic carbocycles. The average Bonchev–Trinajstić information content (AvgIpc) is 2.79. The Morgan fingerprint density at radius 1 is 0.967 bits per heavy atom. The fourth-order valence-electron chi connectivity index (χ4n) is 4.68. The zero-order valence-electron chi connectivity index (χ0n) is 17.8. The van der Waals surface area contributed by atoms with Gasteiger partial charge in [-0.15, -0.1) is 0 Å². The van der Waals surface area contributed by atoms with Crippen molar-refractivity contribution in [1.29, 1.82) is 0 Å². The highest BCUT2D eigenvalue weighted by Gasteiger charge is 2.32. The summed E-state index contributed by atoms with van der Waals surface area (Å²) in [6.07, 6.45) is 2.82. The number of methoxy groups -OCH3 is 1. The zero-order valence-corrected chi connectivity index (χ0v) is 17.8. The molecule has 2 aromatic rings. The average molecular weight is 410 g/mol. The van der Waals surface area contributed by atoms with Crippen LogP contribution in [-0.2, 0) is 20.9 Å². The van der Waals surface area contributed by atoms with Crippen LogP contribution in [0.5, 0.6) is 0 Å². The molecule has 0 spiro atoms. The number of benzene rings is 2. The number of nitrogens with zero attached hydrogens (tertiary/aromatic N) is 3. The first-order chi connectivity index (χ1) is 14.7. The number of ether oxygens (including phenoxy) is 1. The SMILES string of the molecule is COC(=O)C1CCCCN1CC(=O)N1CCN(Cc2cccc3ccccc23)CC1. The largest absolute Gasteiger partial charge is 0.468 e. The van der Waals surface area contributed by atoms with Crippen molar-refractivity contribution in [3.63, 3.8) is 0 Å². The molecular formula is C24H31N3O3. The van der Waals surface area contributed by atoms with Gasteiger partial charge in [0.25, 0.3) is 0 Å². The molecule has 6 heteroatoms. The Balaban J connectivity index is 1.31. The Morgan fingerprint density at radius 3 is 2.53 bits per heavy atom. The van der Waals surface area contributed by atoms with Crippen LogP contribution in [0.1, 0.15) is 24.8 Å². The molecule has 1 unspecified atom stereocenters. The number of esters is 1. The highest BCUT2D eigenvalue weighted by Crippen LogP contribution is 2.21. The number of piperidine rings is 1. The van der Waals surface area contributed by atoms with Gasteiger partial charge in [0.1, 0.15) is 6.04 Å². The van der Waals surface area contributed by atoms with Gasteiger partial charge in [0.15, 0.2) is 0 Å². The molecule has 0 saturated carbocycles. The topological polar surface area (TPSA) is 53.1 Å². The highest BCUT2D eigenvalue weighted by molar-refractivity contribution is 5.85. The lowest BCUT2D eigenvalue weighted by atomic mass is 10.0. The number of likely N-dealkylation sites (tertiary alicyclic amines) is 1. The van der Waals surface area contributed by atoms with Crippen LogP contribution in [0.15, 0.2) is 42.5 Å². The molecule has 4 rings (SSSR count). The lowest BCUT2D eigenvalue weighted by Crippen LogP contribution is -2.54. The Kier molecular flexibility index (Phi) is 6.65. The smallest absolute Gasteiger partial charge is 0.323 e.